The Morgan fingerprint density at radius 3 is 2.30 bits per heavy atom. The zero-order chi connectivity index (χ0) is 17.3. The largest absolute Gasteiger partial charge is 0.434 e. The Bertz CT molecular complexity index is 412. The van der Waals surface area contributed by atoms with Crippen LogP contribution in [0, 0.1) is 5.92 Å². The highest BCUT2D eigenvalue weighted by atomic mass is 19.4. The summed E-state index contributed by atoms with van der Waals surface area (Å²) in [4.78, 5) is 12.7. The van der Waals surface area contributed by atoms with Crippen molar-refractivity contribution in [2.24, 2.45) is 5.92 Å². The van der Waals surface area contributed by atoms with E-state index in [-0.39, 0.29) is 19.0 Å². The number of carbonyl (C=O) groups is 1. The fourth-order valence-electron chi connectivity index (χ4n) is 3.12. The lowest BCUT2D eigenvalue weighted by molar-refractivity contribution is -0.308. The van der Waals surface area contributed by atoms with Crippen LogP contribution in [0.1, 0.15) is 25.7 Å². The van der Waals surface area contributed by atoms with E-state index in [4.69, 9.17) is 0 Å². The Hall–Kier alpha value is -1.19. The molecule has 2 fully saturated rings. The number of nitrogens with zero attached hydrogens (tertiary/aromatic N) is 1. The van der Waals surface area contributed by atoms with Gasteiger partial charge in [-0.05, 0) is 38.1 Å². The third-order valence-electron chi connectivity index (χ3n) is 4.28. The minimum Gasteiger partial charge on any atom is -0.426 e. The Kier molecular flexibility index (Phi) is 5.32. The van der Waals surface area contributed by atoms with Gasteiger partial charge >= 0.3 is 18.4 Å². The number of ether oxygens (including phenoxy) is 1. The van der Waals surface area contributed by atoms with Crippen molar-refractivity contribution in [1.82, 2.24) is 10.2 Å². The van der Waals surface area contributed by atoms with E-state index < -0.39 is 24.5 Å². The van der Waals surface area contributed by atoms with Crippen LogP contribution >= 0.6 is 0 Å². The van der Waals surface area contributed by atoms with Gasteiger partial charge in [0, 0.05) is 19.1 Å². The second-order valence-electron chi connectivity index (χ2n) is 5.87. The molecule has 2 unspecified atom stereocenters. The van der Waals surface area contributed by atoms with Crippen LogP contribution in [-0.4, -0.2) is 55.1 Å². The normalized spacial score (nSPS) is 26.7. The molecule has 134 valence electrons. The van der Waals surface area contributed by atoms with Gasteiger partial charge in [0.25, 0.3) is 6.10 Å². The number of carbonyl (C=O) groups excluding carboxylic acids is 1. The molecule has 2 aliphatic rings. The average Bonchev–Trinajstić information content (AvgIpc) is 2.79. The molecule has 0 radical (unpaired) electrons. The molecule has 23 heavy (non-hydrogen) atoms. The van der Waals surface area contributed by atoms with E-state index in [1.54, 1.807) is 0 Å². The topological polar surface area (TPSA) is 41.6 Å². The van der Waals surface area contributed by atoms with E-state index in [0.29, 0.717) is 18.9 Å². The van der Waals surface area contributed by atoms with Crippen LogP contribution in [0.3, 0.4) is 0 Å². The van der Waals surface area contributed by atoms with Crippen molar-refractivity contribution < 1.29 is 35.9 Å². The molecule has 2 aliphatic heterocycles. The van der Waals surface area contributed by atoms with E-state index >= 15 is 0 Å². The summed E-state index contributed by atoms with van der Waals surface area (Å²) in [6.45, 7) is 1.03. The first-order chi connectivity index (χ1) is 10.6. The first-order valence-electron chi connectivity index (χ1n) is 7.41. The van der Waals surface area contributed by atoms with Crippen molar-refractivity contribution in [3.05, 3.63) is 0 Å². The maximum Gasteiger partial charge on any atom is 0.434 e. The Labute approximate surface area is 129 Å². The number of nitrogens with one attached hydrogen (secondary N) is 1. The monoisotopic (exact) mass is 348 g/mol. The van der Waals surface area contributed by atoms with Crippen LogP contribution in [0.5, 0.6) is 0 Å². The van der Waals surface area contributed by atoms with Crippen LogP contribution < -0.4 is 5.32 Å². The molecule has 2 saturated heterocycles. The second-order valence-corrected chi connectivity index (χ2v) is 5.87. The molecule has 0 aliphatic carbocycles. The van der Waals surface area contributed by atoms with E-state index in [2.05, 4.69) is 10.1 Å². The highest BCUT2D eigenvalue weighted by molar-refractivity contribution is 5.68. The predicted molar refractivity (Wildman–Crippen MR) is 67.7 cm³/mol. The van der Waals surface area contributed by atoms with Crippen molar-refractivity contribution in [3.63, 3.8) is 0 Å². The average molecular weight is 348 g/mol. The number of hydrogen-bond acceptors (Lipinski definition) is 3. The molecule has 2 heterocycles. The Balaban J connectivity index is 1.98. The number of fused-ring (bicyclic) bond motifs is 1. The fourth-order valence-corrected chi connectivity index (χ4v) is 3.12. The van der Waals surface area contributed by atoms with Gasteiger partial charge in [-0.3, -0.25) is 0 Å². The van der Waals surface area contributed by atoms with E-state index in [1.807, 2.05) is 0 Å². The maximum atomic E-state index is 12.4. The van der Waals surface area contributed by atoms with Crippen molar-refractivity contribution >= 4 is 6.09 Å². The predicted octanol–water partition coefficient (Wildman–Crippen LogP) is 3.08. The van der Waals surface area contributed by atoms with Gasteiger partial charge in [0.2, 0.25) is 0 Å². The molecule has 0 aromatic heterocycles. The van der Waals surface area contributed by atoms with Crippen LogP contribution in [0.25, 0.3) is 0 Å². The van der Waals surface area contributed by atoms with Crippen molar-refractivity contribution in [1.29, 1.82) is 0 Å². The molecule has 0 aromatic rings. The van der Waals surface area contributed by atoms with Crippen molar-refractivity contribution in [2.45, 2.75) is 50.2 Å². The van der Waals surface area contributed by atoms with Gasteiger partial charge in [0.1, 0.15) is 0 Å². The summed E-state index contributed by atoms with van der Waals surface area (Å²) in [5.41, 5.74) is 0. The highest BCUT2D eigenvalue weighted by Crippen LogP contribution is 2.36. The first kappa shape index (κ1) is 18.2. The Morgan fingerprint density at radius 1 is 1.04 bits per heavy atom. The molecule has 2 rings (SSSR count). The molecule has 2 atom stereocenters. The molecule has 1 N–H and O–H groups in total. The lowest BCUT2D eigenvalue weighted by Gasteiger charge is -2.31. The quantitative estimate of drug-likeness (QED) is 0.741. The minimum absolute atomic E-state index is 0.0895. The Morgan fingerprint density at radius 2 is 1.70 bits per heavy atom. The molecule has 4 nitrogen and oxygen atoms in total. The number of likely N-dealkylation sites (tertiary alicyclic amines) is 1. The molecule has 0 saturated carbocycles. The molecular weight excluding hydrogens is 330 g/mol. The lowest BCUT2D eigenvalue weighted by Crippen LogP contribution is -2.49. The fraction of sp³-hybridized carbons (Fsp3) is 0.923. The zero-order valence-electron chi connectivity index (χ0n) is 12.2. The number of amides is 1. The van der Waals surface area contributed by atoms with E-state index in [1.165, 1.54) is 0 Å². The van der Waals surface area contributed by atoms with Gasteiger partial charge in [0.15, 0.2) is 0 Å². The summed E-state index contributed by atoms with van der Waals surface area (Å²) < 4.78 is 78.4. The number of alkyl halides is 6. The van der Waals surface area contributed by atoms with Gasteiger partial charge in [-0.25, -0.2) is 4.79 Å². The van der Waals surface area contributed by atoms with Gasteiger partial charge in [-0.15, -0.1) is 0 Å². The zero-order valence-corrected chi connectivity index (χ0v) is 12.2. The van der Waals surface area contributed by atoms with Crippen molar-refractivity contribution in [3.8, 4) is 0 Å². The third kappa shape index (κ3) is 4.65. The molecule has 10 heteroatoms. The lowest BCUT2D eigenvalue weighted by atomic mass is 9.92. The van der Waals surface area contributed by atoms with E-state index in [9.17, 15) is 31.1 Å². The number of hydrogen-bond donors (Lipinski definition) is 1. The van der Waals surface area contributed by atoms with Crippen LogP contribution in [0.4, 0.5) is 31.1 Å². The smallest absolute Gasteiger partial charge is 0.426 e. The SMILES string of the molecule is O=C(OC(C(F)(F)F)C(F)(F)F)N1CCCC2NCCC2CC1. The summed E-state index contributed by atoms with van der Waals surface area (Å²) in [6.07, 6.45) is -14.4. The van der Waals surface area contributed by atoms with Gasteiger partial charge < -0.3 is 15.0 Å². The highest BCUT2D eigenvalue weighted by Gasteiger charge is 2.60. The summed E-state index contributed by atoms with van der Waals surface area (Å²) in [5.74, 6) is 0.284. The molecule has 0 spiro atoms. The second kappa shape index (κ2) is 6.74. The van der Waals surface area contributed by atoms with Crippen LogP contribution in [0.15, 0.2) is 0 Å². The molecule has 1 amide bonds. The number of halogens is 6. The molecule has 0 aromatic carbocycles. The first-order valence-corrected chi connectivity index (χ1v) is 7.41. The number of rotatable bonds is 1. The summed E-state index contributed by atoms with van der Waals surface area (Å²) in [6, 6.07) is 0.311. The van der Waals surface area contributed by atoms with E-state index in [0.717, 1.165) is 24.3 Å². The summed E-state index contributed by atoms with van der Waals surface area (Å²) in [7, 11) is 0. The molecular formula is C13H18F6N2O2. The standard InChI is InChI=1S/C13H18F6N2O2/c14-12(15,16)10(13(17,18)19)23-11(22)21-6-1-2-9-8(4-7-21)3-5-20-9/h8-10,20H,1-7H2. The summed E-state index contributed by atoms with van der Waals surface area (Å²) in [5, 5.41) is 3.31. The third-order valence-corrected chi connectivity index (χ3v) is 4.28. The summed E-state index contributed by atoms with van der Waals surface area (Å²) >= 11 is 0. The van der Waals surface area contributed by atoms with Crippen molar-refractivity contribution in [2.75, 3.05) is 19.6 Å². The van der Waals surface area contributed by atoms with Crippen LogP contribution in [0.2, 0.25) is 0 Å². The van der Waals surface area contributed by atoms with Crippen LogP contribution in [-0.2, 0) is 4.74 Å². The van der Waals surface area contributed by atoms with Gasteiger partial charge in [-0.2, -0.15) is 26.3 Å². The molecule has 0 bridgehead atoms. The minimum atomic E-state index is -5.68. The van der Waals surface area contributed by atoms with Gasteiger partial charge in [-0.1, -0.05) is 0 Å². The maximum absolute atomic E-state index is 12.4. The van der Waals surface area contributed by atoms with Gasteiger partial charge in [0.05, 0.1) is 0 Å².